The van der Waals surface area contributed by atoms with E-state index in [0.29, 0.717) is 0 Å². The first-order valence-electron chi connectivity index (χ1n) is 22.6. The lowest BCUT2D eigenvalue weighted by molar-refractivity contribution is 1.16. The van der Waals surface area contributed by atoms with E-state index in [1.807, 2.05) is 22.6 Å². The molecule has 0 radical (unpaired) electrons. The van der Waals surface area contributed by atoms with Crippen LogP contribution in [0, 0.1) is 0 Å². The second-order valence-corrected chi connectivity index (χ2v) is 17.6. The van der Waals surface area contributed by atoms with Gasteiger partial charge in [-0.25, -0.2) is 0 Å². The fourth-order valence-corrected chi connectivity index (χ4v) is 11.4. The summed E-state index contributed by atoms with van der Waals surface area (Å²) in [6.45, 7) is 0. The monoisotopic (exact) mass is 840 g/mol. The molecule has 0 amide bonds. The number of fused-ring (bicyclic) bond motifs is 14. The van der Waals surface area contributed by atoms with Gasteiger partial charge in [-0.3, -0.25) is 9.20 Å². The van der Waals surface area contributed by atoms with Crippen molar-refractivity contribution in [2.75, 3.05) is 0 Å². The second-order valence-electron chi connectivity index (χ2n) is 17.6. The minimum atomic E-state index is 0.0273. The van der Waals surface area contributed by atoms with Gasteiger partial charge < -0.3 is 13.7 Å². The Kier molecular flexibility index (Phi) is 7.03. The first-order chi connectivity index (χ1) is 32.7. The van der Waals surface area contributed by atoms with Crippen molar-refractivity contribution in [2.45, 2.75) is 0 Å². The summed E-state index contributed by atoms with van der Waals surface area (Å²) in [5.41, 5.74) is 14.6. The Morgan fingerprint density at radius 3 is 1.35 bits per heavy atom. The SMILES string of the molecule is O=c1c2ccccc2c2cccc3c4cc(-c5ccc(-n6c7ccccc7c7cc(-n8c9ccccc9c9cc%10c%11ccccc%11n(-c%11ccccc%11)c%10cc98)ccc76)cc5)ccc4n1c23. The maximum atomic E-state index is 13.9. The summed E-state index contributed by atoms with van der Waals surface area (Å²) < 4.78 is 9.16. The predicted molar refractivity (Wildman–Crippen MR) is 276 cm³/mol. The lowest BCUT2D eigenvalue weighted by Gasteiger charge is -2.12. The summed E-state index contributed by atoms with van der Waals surface area (Å²) in [5.74, 6) is 0. The summed E-state index contributed by atoms with van der Waals surface area (Å²) in [6, 6.07) is 78.6. The minimum absolute atomic E-state index is 0.0273. The Balaban J connectivity index is 0.886. The minimum Gasteiger partial charge on any atom is -0.309 e. The molecule has 0 spiro atoms. The van der Waals surface area contributed by atoms with E-state index in [1.165, 1.54) is 54.4 Å². The van der Waals surface area contributed by atoms with Crippen LogP contribution >= 0.6 is 0 Å². The maximum absolute atomic E-state index is 13.9. The zero-order chi connectivity index (χ0) is 43.2. The summed E-state index contributed by atoms with van der Waals surface area (Å²) in [7, 11) is 0. The molecule has 0 aliphatic heterocycles. The van der Waals surface area contributed by atoms with E-state index in [2.05, 4.69) is 214 Å². The molecular weight excluding hydrogens is 805 g/mol. The van der Waals surface area contributed by atoms with Crippen LogP contribution in [-0.2, 0) is 0 Å². The van der Waals surface area contributed by atoms with Crippen LogP contribution in [0.3, 0.4) is 0 Å². The molecule has 5 nitrogen and oxygen atoms in total. The topological polar surface area (TPSA) is 36.3 Å². The van der Waals surface area contributed by atoms with Gasteiger partial charge in [0.2, 0.25) is 0 Å². The van der Waals surface area contributed by atoms with Crippen LogP contribution in [0.5, 0.6) is 0 Å². The zero-order valence-electron chi connectivity index (χ0n) is 35.5. The molecule has 0 saturated heterocycles. The van der Waals surface area contributed by atoms with E-state index in [4.69, 9.17) is 0 Å². The first kappa shape index (κ1) is 35.5. The number of aromatic nitrogens is 4. The second kappa shape index (κ2) is 13.1. The lowest BCUT2D eigenvalue weighted by Crippen LogP contribution is -2.12. The number of benzene rings is 10. The Labute approximate surface area is 376 Å². The standard InChI is InChI=1S/C61H36N4O/c66-61-48-19-5-4-15-42(48)46-20-12-21-47-49-33-38(27-31-57(49)65(61)60(46)47)37-25-28-40(29-26-37)62-53-22-9-6-16-43(53)50-34-41(30-32-56(50)62)64-55-24-11-8-18-45(55)52-35-51-44-17-7-10-23-54(44)63(58(51)36-59(52)64)39-13-2-1-3-14-39/h1-36H. The van der Waals surface area contributed by atoms with E-state index >= 15 is 0 Å². The fourth-order valence-electron chi connectivity index (χ4n) is 11.4. The quantitative estimate of drug-likeness (QED) is 0.163. The van der Waals surface area contributed by atoms with Gasteiger partial charge in [-0.1, -0.05) is 127 Å². The van der Waals surface area contributed by atoms with Crippen LogP contribution in [0.15, 0.2) is 223 Å². The van der Waals surface area contributed by atoms with E-state index < -0.39 is 0 Å². The fraction of sp³-hybridized carbons (Fsp3) is 0. The maximum Gasteiger partial charge on any atom is 0.263 e. The number of para-hydroxylation sites is 5. The Morgan fingerprint density at radius 1 is 0.242 bits per heavy atom. The van der Waals surface area contributed by atoms with E-state index in [1.54, 1.807) is 0 Å². The largest absolute Gasteiger partial charge is 0.309 e. The number of nitrogens with zero attached hydrogens (tertiary/aromatic N) is 4. The van der Waals surface area contributed by atoms with Gasteiger partial charge in [0.15, 0.2) is 0 Å². The summed E-state index contributed by atoms with van der Waals surface area (Å²) in [5, 5.41) is 12.4. The third-order valence-electron chi connectivity index (χ3n) is 14.3. The molecule has 0 aliphatic carbocycles. The van der Waals surface area contributed by atoms with Crippen molar-refractivity contribution >= 4 is 103 Å². The van der Waals surface area contributed by atoms with Gasteiger partial charge in [0.25, 0.3) is 5.56 Å². The molecule has 0 aliphatic rings. The molecule has 0 N–H and O–H groups in total. The zero-order valence-corrected chi connectivity index (χ0v) is 35.5. The van der Waals surface area contributed by atoms with Gasteiger partial charge in [0, 0.05) is 70.9 Å². The summed E-state index contributed by atoms with van der Waals surface area (Å²) in [6.07, 6.45) is 0. The highest BCUT2D eigenvalue weighted by Crippen LogP contribution is 2.42. The number of hydrogen-bond donors (Lipinski definition) is 0. The Bertz CT molecular complexity index is 4590. The highest BCUT2D eigenvalue weighted by atomic mass is 16.1. The van der Waals surface area contributed by atoms with E-state index in [0.717, 1.165) is 77.2 Å². The Morgan fingerprint density at radius 2 is 0.682 bits per heavy atom. The molecule has 66 heavy (non-hydrogen) atoms. The molecule has 0 unspecified atom stereocenters. The predicted octanol–water partition coefficient (Wildman–Crippen LogP) is 15.2. The number of rotatable bonds is 4. The average molecular weight is 841 g/mol. The molecule has 5 aromatic heterocycles. The van der Waals surface area contributed by atoms with Crippen molar-refractivity contribution in [3.05, 3.63) is 229 Å². The Hall–Kier alpha value is -8.93. The molecule has 0 atom stereocenters. The first-order valence-corrected chi connectivity index (χ1v) is 22.6. The van der Waals surface area contributed by atoms with Crippen LogP contribution in [0.4, 0.5) is 0 Å². The molecule has 15 aromatic rings. The molecule has 15 rings (SSSR count). The van der Waals surface area contributed by atoms with E-state index in [-0.39, 0.29) is 5.56 Å². The smallest absolute Gasteiger partial charge is 0.263 e. The molecule has 0 bridgehead atoms. The third kappa shape index (κ3) is 4.70. The third-order valence-corrected chi connectivity index (χ3v) is 14.3. The normalized spacial score (nSPS) is 12.3. The van der Waals surface area contributed by atoms with Crippen molar-refractivity contribution in [1.29, 1.82) is 0 Å². The highest BCUT2D eigenvalue weighted by Gasteiger charge is 2.21. The summed E-state index contributed by atoms with van der Waals surface area (Å²) in [4.78, 5) is 13.9. The van der Waals surface area contributed by atoms with Gasteiger partial charge in [0.1, 0.15) is 0 Å². The molecule has 0 fully saturated rings. The van der Waals surface area contributed by atoms with Crippen molar-refractivity contribution in [1.82, 2.24) is 18.1 Å². The van der Waals surface area contributed by atoms with Crippen LogP contribution in [-0.4, -0.2) is 18.1 Å². The molecular formula is C61H36N4O. The van der Waals surface area contributed by atoms with Crippen molar-refractivity contribution in [3.8, 4) is 28.2 Å². The van der Waals surface area contributed by atoms with Crippen LogP contribution in [0.2, 0.25) is 0 Å². The van der Waals surface area contributed by atoms with Crippen molar-refractivity contribution in [2.24, 2.45) is 0 Å². The highest BCUT2D eigenvalue weighted by molar-refractivity contribution is 6.22. The van der Waals surface area contributed by atoms with E-state index in [9.17, 15) is 4.79 Å². The molecule has 5 heteroatoms. The van der Waals surface area contributed by atoms with Gasteiger partial charge >= 0.3 is 0 Å². The molecule has 0 saturated carbocycles. The molecule has 306 valence electrons. The molecule has 10 aromatic carbocycles. The van der Waals surface area contributed by atoms with Crippen LogP contribution < -0.4 is 5.56 Å². The van der Waals surface area contributed by atoms with Gasteiger partial charge in [-0.15, -0.1) is 0 Å². The van der Waals surface area contributed by atoms with Gasteiger partial charge in [-0.2, -0.15) is 0 Å². The van der Waals surface area contributed by atoms with Gasteiger partial charge in [0.05, 0.1) is 44.1 Å². The number of hydrogen-bond acceptors (Lipinski definition) is 1. The van der Waals surface area contributed by atoms with Crippen LogP contribution in [0.25, 0.3) is 132 Å². The summed E-state index contributed by atoms with van der Waals surface area (Å²) >= 11 is 0. The molecule has 5 heterocycles. The van der Waals surface area contributed by atoms with Crippen molar-refractivity contribution in [3.63, 3.8) is 0 Å². The lowest BCUT2D eigenvalue weighted by atomic mass is 10.0. The van der Waals surface area contributed by atoms with Crippen LogP contribution in [0.1, 0.15) is 0 Å². The van der Waals surface area contributed by atoms with Crippen molar-refractivity contribution < 1.29 is 0 Å². The average Bonchev–Trinajstić information content (AvgIpc) is 4.10. The number of pyridine rings is 1. The van der Waals surface area contributed by atoms with Gasteiger partial charge in [-0.05, 0) is 108 Å².